The van der Waals surface area contributed by atoms with E-state index in [0.29, 0.717) is 5.17 Å². The largest absolute Gasteiger partial charge is 0.454 e. The van der Waals surface area contributed by atoms with Crippen molar-refractivity contribution in [3.8, 4) is 0 Å². The third-order valence-electron chi connectivity index (χ3n) is 3.52. The van der Waals surface area contributed by atoms with Crippen LogP contribution in [0.2, 0.25) is 0 Å². The number of nitrogens with zero attached hydrogens (tertiary/aromatic N) is 2. The molecule has 2 fully saturated rings. The van der Waals surface area contributed by atoms with Gasteiger partial charge in [0.25, 0.3) is 11.1 Å². The Morgan fingerprint density at radius 2 is 1.78 bits per heavy atom. The number of thiocarbonyl (C=S) groups is 1. The van der Waals surface area contributed by atoms with E-state index in [4.69, 9.17) is 17.0 Å². The molecule has 6 heteroatoms. The standard InChI is InChI=1S/C12H20N2O2S.ClH/c1-11(2,3)14-9(15)12(16-10(14)17)5-7-13(4)8-6-12;/h5-8H2,1-4H3;1H. The van der Waals surface area contributed by atoms with E-state index in [1.165, 1.54) is 0 Å². The molecule has 0 aliphatic carbocycles. The van der Waals surface area contributed by atoms with Gasteiger partial charge in [-0.2, -0.15) is 0 Å². The zero-order valence-electron chi connectivity index (χ0n) is 11.4. The lowest BCUT2D eigenvalue weighted by atomic mass is 9.89. The number of ether oxygens (including phenoxy) is 1. The maximum Gasteiger partial charge on any atom is 0.274 e. The van der Waals surface area contributed by atoms with Crippen molar-refractivity contribution in [1.29, 1.82) is 0 Å². The van der Waals surface area contributed by atoms with E-state index in [-0.39, 0.29) is 23.9 Å². The molecule has 1 amide bonds. The second-order valence-corrected chi connectivity index (χ2v) is 6.33. The molecule has 0 bridgehead atoms. The third-order valence-corrected chi connectivity index (χ3v) is 3.79. The van der Waals surface area contributed by atoms with Gasteiger partial charge in [0, 0.05) is 31.5 Å². The van der Waals surface area contributed by atoms with Crippen LogP contribution in [0, 0.1) is 0 Å². The molecule has 1 spiro atoms. The lowest BCUT2D eigenvalue weighted by Crippen LogP contribution is -2.52. The summed E-state index contributed by atoms with van der Waals surface area (Å²) >= 11 is 5.22. The quantitative estimate of drug-likeness (QED) is 0.638. The Labute approximate surface area is 120 Å². The summed E-state index contributed by atoms with van der Waals surface area (Å²) in [4.78, 5) is 16.4. The van der Waals surface area contributed by atoms with Crippen molar-refractivity contribution in [3.05, 3.63) is 0 Å². The number of carbonyl (C=O) groups is 1. The van der Waals surface area contributed by atoms with Crippen LogP contribution < -0.4 is 0 Å². The molecule has 4 nitrogen and oxygen atoms in total. The van der Waals surface area contributed by atoms with E-state index in [2.05, 4.69) is 11.9 Å². The van der Waals surface area contributed by atoms with Crippen molar-refractivity contribution in [1.82, 2.24) is 9.80 Å². The number of carbonyl (C=O) groups excluding carboxylic acids is 1. The van der Waals surface area contributed by atoms with Gasteiger partial charge in [-0.15, -0.1) is 12.4 Å². The first-order chi connectivity index (χ1) is 7.76. The Balaban J connectivity index is 0.00000162. The summed E-state index contributed by atoms with van der Waals surface area (Å²) in [6.07, 6.45) is 1.46. The first kappa shape index (κ1) is 15.7. The summed E-state index contributed by atoms with van der Waals surface area (Å²) in [5, 5.41) is 0.340. The minimum Gasteiger partial charge on any atom is -0.454 e. The van der Waals surface area contributed by atoms with Crippen molar-refractivity contribution in [2.45, 2.75) is 44.8 Å². The van der Waals surface area contributed by atoms with E-state index in [0.717, 1.165) is 25.9 Å². The topological polar surface area (TPSA) is 32.8 Å². The molecule has 0 atom stereocenters. The molecule has 0 unspecified atom stereocenters. The predicted octanol–water partition coefficient (Wildman–Crippen LogP) is 1.81. The van der Waals surface area contributed by atoms with Crippen LogP contribution in [0.15, 0.2) is 0 Å². The summed E-state index contributed by atoms with van der Waals surface area (Å²) in [6, 6.07) is 0. The summed E-state index contributed by atoms with van der Waals surface area (Å²) in [5.41, 5.74) is -0.988. The number of hydrogen-bond acceptors (Lipinski definition) is 4. The van der Waals surface area contributed by atoms with Gasteiger partial charge < -0.3 is 9.64 Å². The molecule has 0 radical (unpaired) electrons. The summed E-state index contributed by atoms with van der Waals surface area (Å²) in [7, 11) is 2.06. The predicted molar refractivity (Wildman–Crippen MR) is 77.0 cm³/mol. The van der Waals surface area contributed by atoms with Crippen LogP contribution in [0.25, 0.3) is 0 Å². The van der Waals surface area contributed by atoms with Gasteiger partial charge in [0.2, 0.25) is 0 Å². The number of hydrogen-bond donors (Lipinski definition) is 0. The van der Waals surface area contributed by atoms with Crippen LogP contribution in [-0.4, -0.2) is 52.2 Å². The van der Waals surface area contributed by atoms with Gasteiger partial charge in [0.15, 0.2) is 5.60 Å². The lowest BCUT2D eigenvalue weighted by molar-refractivity contribution is -0.142. The van der Waals surface area contributed by atoms with E-state index in [9.17, 15) is 4.79 Å². The highest BCUT2D eigenvalue weighted by molar-refractivity contribution is 7.80. The first-order valence-corrected chi connectivity index (χ1v) is 6.43. The fourth-order valence-electron chi connectivity index (χ4n) is 2.42. The third kappa shape index (κ3) is 2.49. The van der Waals surface area contributed by atoms with Crippen LogP contribution in [0.3, 0.4) is 0 Å². The van der Waals surface area contributed by atoms with E-state index >= 15 is 0 Å². The second-order valence-electron chi connectivity index (χ2n) is 5.98. The van der Waals surface area contributed by atoms with Crippen molar-refractivity contribution in [2.24, 2.45) is 0 Å². The molecular weight excluding hydrogens is 272 g/mol. The Hall–Kier alpha value is -0.390. The molecular formula is C12H21ClN2O2S. The Kier molecular flexibility index (Phi) is 4.30. The molecule has 0 aromatic heterocycles. The number of halogens is 1. The van der Waals surface area contributed by atoms with Crippen molar-refractivity contribution in [3.63, 3.8) is 0 Å². The number of likely N-dealkylation sites (tertiary alicyclic amines) is 1. The fourth-order valence-corrected chi connectivity index (χ4v) is 2.93. The van der Waals surface area contributed by atoms with Crippen molar-refractivity contribution < 1.29 is 9.53 Å². The Morgan fingerprint density at radius 1 is 1.28 bits per heavy atom. The minimum atomic E-state index is -0.684. The zero-order chi connectivity index (χ0) is 12.8. The monoisotopic (exact) mass is 292 g/mol. The van der Waals surface area contributed by atoms with Crippen LogP contribution >= 0.6 is 24.6 Å². The molecule has 2 aliphatic heterocycles. The highest BCUT2D eigenvalue weighted by atomic mass is 35.5. The highest BCUT2D eigenvalue weighted by Crippen LogP contribution is 2.37. The van der Waals surface area contributed by atoms with Gasteiger partial charge in [-0.3, -0.25) is 9.69 Å². The van der Waals surface area contributed by atoms with E-state index < -0.39 is 5.60 Å². The maximum absolute atomic E-state index is 12.5. The van der Waals surface area contributed by atoms with Crippen LogP contribution in [0.4, 0.5) is 0 Å². The molecule has 0 saturated carbocycles. The van der Waals surface area contributed by atoms with Gasteiger partial charge in [-0.1, -0.05) is 0 Å². The van der Waals surface area contributed by atoms with Crippen LogP contribution in [-0.2, 0) is 9.53 Å². The van der Waals surface area contributed by atoms with Crippen LogP contribution in [0.5, 0.6) is 0 Å². The normalized spacial score (nSPS) is 24.1. The number of rotatable bonds is 0. The summed E-state index contributed by atoms with van der Waals surface area (Å²) in [6.45, 7) is 7.70. The molecule has 0 N–H and O–H groups in total. The smallest absolute Gasteiger partial charge is 0.274 e. The van der Waals surface area contributed by atoms with Gasteiger partial charge in [0.05, 0.1) is 0 Å². The molecule has 18 heavy (non-hydrogen) atoms. The first-order valence-electron chi connectivity index (χ1n) is 6.02. The maximum atomic E-state index is 12.5. The molecule has 104 valence electrons. The molecule has 0 aromatic rings. The zero-order valence-corrected chi connectivity index (χ0v) is 13.0. The van der Waals surface area contributed by atoms with Gasteiger partial charge >= 0.3 is 0 Å². The van der Waals surface area contributed by atoms with Gasteiger partial charge in [-0.05, 0) is 40.0 Å². The molecule has 2 aliphatic rings. The van der Waals surface area contributed by atoms with Crippen molar-refractivity contribution in [2.75, 3.05) is 20.1 Å². The van der Waals surface area contributed by atoms with Gasteiger partial charge in [0.1, 0.15) is 0 Å². The Morgan fingerprint density at radius 3 is 2.17 bits per heavy atom. The number of amides is 1. The van der Waals surface area contributed by atoms with Gasteiger partial charge in [-0.25, -0.2) is 0 Å². The molecule has 2 saturated heterocycles. The minimum absolute atomic E-state index is 0. The average molecular weight is 293 g/mol. The molecule has 2 rings (SSSR count). The van der Waals surface area contributed by atoms with Crippen molar-refractivity contribution >= 4 is 35.7 Å². The molecule has 2 heterocycles. The average Bonchev–Trinajstić information content (AvgIpc) is 2.43. The number of piperidine rings is 1. The Bertz CT molecular complexity index is 360. The van der Waals surface area contributed by atoms with E-state index in [1.807, 2.05) is 20.8 Å². The molecule has 0 aromatic carbocycles. The van der Waals surface area contributed by atoms with E-state index in [1.54, 1.807) is 4.90 Å². The fraction of sp³-hybridized carbons (Fsp3) is 0.833. The highest BCUT2D eigenvalue weighted by Gasteiger charge is 2.55. The van der Waals surface area contributed by atoms with Crippen LogP contribution in [0.1, 0.15) is 33.6 Å². The second kappa shape index (κ2) is 4.94. The lowest BCUT2D eigenvalue weighted by Gasteiger charge is -2.35. The summed E-state index contributed by atoms with van der Waals surface area (Å²) < 4.78 is 5.77. The summed E-state index contributed by atoms with van der Waals surface area (Å²) in [5.74, 6) is 0.0445. The SMILES string of the molecule is CN1CCC2(CC1)OC(=S)N(C(C)(C)C)C2=O.Cl.